The number of benzene rings is 1. The van der Waals surface area contributed by atoms with E-state index in [4.69, 9.17) is 0 Å². The summed E-state index contributed by atoms with van der Waals surface area (Å²) < 4.78 is 26.9. The van der Waals surface area contributed by atoms with E-state index in [2.05, 4.69) is 4.90 Å². The zero-order valence-electron chi connectivity index (χ0n) is 17.4. The van der Waals surface area contributed by atoms with Crippen LogP contribution < -0.4 is 0 Å². The smallest absolute Gasteiger partial charge is 0.254 e. The van der Waals surface area contributed by atoms with Crippen LogP contribution in [0.15, 0.2) is 18.2 Å². The number of nitrogens with zero attached hydrogens (tertiary/aromatic N) is 3. The molecule has 0 unspecified atom stereocenters. The number of hydrogen-bond donors (Lipinski definition) is 0. The Morgan fingerprint density at radius 3 is 2.07 bits per heavy atom. The Kier molecular flexibility index (Phi) is 7.22. The molecule has 0 radical (unpaired) electrons. The molecule has 0 bridgehead atoms. The van der Waals surface area contributed by atoms with Crippen molar-refractivity contribution in [3.63, 3.8) is 0 Å². The molecule has 1 aromatic carbocycles. The van der Waals surface area contributed by atoms with Gasteiger partial charge in [0.15, 0.2) is 0 Å². The number of piperazine rings is 1. The molecule has 0 aromatic heterocycles. The molecule has 2 fully saturated rings. The van der Waals surface area contributed by atoms with Crippen LogP contribution in [0, 0.1) is 17.6 Å². The third-order valence-electron chi connectivity index (χ3n) is 6.28. The van der Waals surface area contributed by atoms with E-state index in [1.54, 1.807) is 4.90 Å². The van der Waals surface area contributed by atoms with Crippen LogP contribution in [0.5, 0.6) is 0 Å². The first kappa shape index (κ1) is 21.7. The van der Waals surface area contributed by atoms with E-state index in [9.17, 15) is 18.4 Å². The van der Waals surface area contributed by atoms with Crippen LogP contribution in [-0.2, 0) is 4.79 Å². The Morgan fingerprint density at radius 1 is 1.00 bits per heavy atom. The summed E-state index contributed by atoms with van der Waals surface area (Å²) in [4.78, 5) is 31.6. The van der Waals surface area contributed by atoms with Crippen molar-refractivity contribution in [3.8, 4) is 0 Å². The van der Waals surface area contributed by atoms with Crippen LogP contribution >= 0.6 is 0 Å². The average Bonchev–Trinajstić information content (AvgIpc) is 3.22. The number of carbonyl (C=O) groups is 2. The van der Waals surface area contributed by atoms with E-state index in [1.165, 1.54) is 0 Å². The molecule has 1 aromatic rings. The van der Waals surface area contributed by atoms with Crippen LogP contribution in [0.2, 0.25) is 0 Å². The van der Waals surface area contributed by atoms with Gasteiger partial charge in [0, 0.05) is 50.9 Å². The van der Waals surface area contributed by atoms with Crippen LogP contribution in [0.3, 0.4) is 0 Å². The molecule has 29 heavy (non-hydrogen) atoms. The second-order valence-electron chi connectivity index (χ2n) is 7.99. The van der Waals surface area contributed by atoms with Gasteiger partial charge >= 0.3 is 0 Å². The first-order valence-electron chi connectivity index (χ1n) is 10.7. The summed E-state index contributed by atoms with van der Waals surface area (Å²) in [6.07, 6.45) is 4.46. The summed E-state index contributed by atoms with van der Waals surface area (Å²) in [5.41, 5.74) is 0.0301. The summed E-state index contributed by atoms with van der Waals surface area (Å²) in [5.74, 6) is -1.32. The summed E-state index contributed by atoms with van der Waals surface area (Å²) in [6, 6.07) is 2.77. The average molecular weight is 408 g/mol. The fourth-order valence-corrected chi connectivity index (χ4v) is 4.71. The second kappa shape index (κ2) is 9.65. The molecule has 1 heterocycles. The Hall–Kier alpha value is -2.02. The van der Waals surface area contributed by atoms with E-state index in [0.717, 1.165) is 43.9 Å². The maximum atomic E-state index is 13.5. The van der Waals surface area contributed by atoms with Crippen molar-refractivity contribution in [1.82, 2.24) is 14.7 Å². The molecule has 160 valence electrons. The van der Waals surface area contributed by atoms with Crippen molar-refractivity contribution in [2.75, 3.05) is 39.3 Å². The number of likely N-dealkylation sites (N-methyl/N-ethyl adjacent to an activating group) is 1. The van der Waals surface area contributed by atoms with Crippen molar-refractivity contribution in [1.29, 1.82) is 0 Å². The number of hydrogen-bond acceptors (Lipinski definition) is 3. The lowest BCUT2D eigenvalue weighted by molar-refractivity contribution is -0.139. The zero-order chi connectivity index (χ0) is 21.0. The molecule has 1 saturated heterocycles. The summed E-state index contributed by atoms with van der Waals surface area (Å²) in [5, 5.41) is 0. The highest BCUT2D eigenvalue weighted by Gasteiger charge is 2.38. The van der Waals surface area contributed by atoms with Gasteiger partial charge in [-0.3, -0.25) is 14.5 Å². The Bertz CT molecular complexity index is 705. The molecule has 1 aliphatic heterocycles. The summed E-state index contributed by atoms with van der Waals surface area (Å²) in [6.45, 7) is 7.49. The van der Waals surface area contributed by atoms with Gasteiger partial charge in [-0.05, 0) is 44.7 Å². The van der Waals surface area contributed by atoms with Crippen molar-refractivity contribution in [2.45, 2.75) is 45.6 Å². The first-order chi connectivity index (χ1) is 13.9. The van der Waals surface area contributed by atoms with Crippen LogP contribution in [-0.4, -0.2) is 71.8 Å². The largest absolute Gasteiger partial charge is 0.342 e. The molecule has 0 N–H and O–H groups in total. The summed E-state index contributed by atoms with van der Waals surface area (Å²) in [7, 11) is 0. The Balaban J connectivity index is 1.69. The minimum atomic E-state index is -0.752. The van der Waals surface area contributed by atoms with Crippen LogP contribution in [0.25, 0.3) is 0 Å². The molecule has 2 aliphatic rings. The third kappa shape index (κ3) is 4.94. The highest BCUT2D eigenvalue weighted by molar-refractivity contribution is 5.94. The second-order valence-corrected chi connectivity index (χ2v) is 7.99. The predicted molar refractivity (Wildman–Crippen MR) is 108 cm³/mol. The molecule has 1 aliphatic carbocycles. The SMILES string of the molecule is CCN(CC)C(=O)[C@@H](C1CCCC1)N1CCN(C(=O)c2cc(F)cc(F)c2)CC1. The van der Waals surface area contributed by atoms with E-state index in [0.29, 0.717) is 45.2 Å². The fraction of sp³-hybridized carbons (Fsp3) is 0.636. The monoisotopic (exact) mass is 407 g/mol. The summed E-state index contributed by atoms with van der Waals surface area (Å²) >= 11 is 0. The van der Waals surface area contributed by atoms with Gasteiger partial charge in [0.05, 0.1) is 6.04 Å². The van der Waals surface area contributed by atoms with Gasteiger partial charge < -0.3 is 9.80 Å². The molecular weight excluding hydrogens is 376 g/mol. The lowest BCUT2D eigenvalue weighted by Crippen LogP contribution is -2.58. The third-order valence-corrected chi connectivity index (χ3v) is 6.28. The van der Waals surface area contributed by atoms with Crippen molar-refractivity contribution in [3.05, 3.63) is 35.4 Å². The van der Waals surface area contributed by atoms with Gasteiger partial charge in [-0.25, -0.2) is 8.78 Å². The molecule has 2 amide bonds. The highest BCUT2D eigenvalue weighted by Crippen LogP contribution is 2.32. The van der Waals surface area contributed by atoms with Crippen molar-refractivity contribution < 1.29 is 18.4 Å². The lowest BCUT2D eigenvalue weighted by atomic mass is 9.94. The highest BCUT2D eigenvalue weighted by atomic mass is 19.1. The standard InChI is InChI=1S/C22H31F2N3O2/c1-3-25(4-2)22(29)20(16-7-5-6-8-16)26-9-11-27(12-10-26)21(28)17-13-18(23)15-19(24)14-17/h13-16,20H,3-12H2,1-2H3/t20-/m1/s1. The van der Waals surface area contributed by atoms with Gasteiger partial charge in [0.1, 0.15) is 11.6 Å². The van der Waals surface area contributed by atoms with E-state index >= 15 is 0 Å². The van der Waals surface area contributed by atoms with Crippen LogP contribution in [0.4, 0.5) is 8.78 Å². The maximum absolute atomic E-state index is 13.5. The maximum Gasteiger partial charge on any atom is 0.254 e. The number of rotatable bonds is 6. The normalized spacial score (nSPS) is 19.4. The molecular formula is C22H31F2N3O2. The molecule has 3 rings (SSSR count). The van der Waals surface area contributed by atoms with Gasteiger partial charge in [0.25, 0.3) is 5.91 Å². The first-order valence-corrected chi connectivity index (χ1v) is 10.7. The van der Waals surface area contributed by atoms with Gasteiger partial charge in [0.2, 0.25) is 5.91 Å². The molecule has 1 atom stereocenters. The zero-order valence-corrected chi connectivity index (χ0v) is 17.4. The molecule has 0 spiro atoms. The quantitative estimate of drug-likeness (QED) is 0.728. The molecule has 1 saturated carbocycles. The number of halogens is 2. The Labute approximate surface area is 171 Å². The topological polar surface area (TPSA) is 43.9 Å². The van der Waals surface area contributed by atoms with E-state index < -0.39 is 11.6 Å². The van der Waals surface area contributed by atoms with Crippen molar-refractivity contribution >= 4 is 11.8 Å². The minimum Gasteiger partial charge on any atom is -0.342 e. The predicted octanol–water partition coefficient (Wildman–Crippen LogP) is 3.15. The minimum absolute atomic E-state index is 0.0301. The van der Waals surface area contributed by atoms with Gasteiger partial charge in [-0.1, -0.05) is 12.8 Å². The molecule has 5 nitrogen and oxygen atoms in total. The number of carbonyl (C=O) groups excluding carboxylic acids is 2. The Morgan fingerprint density at radius 2 is 1.55 bits per heavy atom. The van der Waals surface area contributed by atoms with Crippen molar-refractivity contribution in [2.24, 2.45) is 5.92 Å². The number of amides is 2. The molecule has 7 heteroatoms. The fourth-order valence-electron chi connectivity index (χ4n) is 4.71. The van der Waals surface area contributed by atoms with E-state index in [-0.39, 0.29) is 23.4 Å². The van der Waals surface area contributed by atoms with Gasteiger partial charge in [-0.15, -0.1) is 0 Å². The van der Waals surface area contributed by atoms with E-state index in [1.807, 2.05) is 18.7 Å². The van der Waals surface area contributed by atoms with Gasteiger partial charge in [-0.2, -0.15) is 0 Å². The lowest BCUT2D eigenvalue weighted by Gasteiger charge is -2.42. The van der Waals surface area contributed by atoms with Crippen LogP contribution in [0.1, 0.15) is 49.9 Å².